The highest BCUT2D eigenvalue weighted by atomic mass is 35.5. The molecule has 16 heavy (non-hydrogen) atoms. The van der Waals surface area contributed by atoms with E-state index < -0.39 is 5.54 Å². The predicted octanol–water partition coefficient (Wildman–Crippen LogP) is 3.24. The Hall–Kier alpha value is -1.09. The summed E-state index contributed by atoms with van der Waals surface area (Å²) in [6.45, 7) is 1.98. The zero-order chi connectivity index (χ0) is 11.8. The molecule has 1 aliphatic heterocycles. The maximum absolute atomic E-state index is 13.0. The van der Waals surface area contributed by atoms with E-state index in [4.69, 9.17) is 17.3 Å². The summed E-state index contributed by atoms with van der Waals surface area (Å²) in [4.78, 5) is 4.46. The molecule has 1 heterocycles. The lowest BCUT2D eigenvalue weighted by molar-refractivity contribution is 0.423. The molecule has 0 saturated carbocycles. The molecule has 0 bridgehead atoms. The minimum Gasteiger partial charge on any atom is -0.387 e. The first kappa shape index (κ1) is 11.4. The van der Waals surface area contributed by atoms with Crippen molar-refractivity contribution in [1.82, 2.24) is 0 Å². The number of nitrogens with zero attached hydrogens (tertiary/aromatic N) is 1. The largest absolute Gasteiger partial charge is 0.387 e. The average molecular weight is 241 g/mol. The lowest BCUT2D eigenvalue weighted by Crippen LogP contribution is -2.29. The smallest absolute Gasteiger partial charge is 0.124 e. The van der Waals surface area contributed by atoms with Gasteiger partial charge in [-0.2, -0.15) is 0 Å². The standard InChI is InChI=1S/C12H14ClFN2/c1-12(6-2-3-11(15)16-12)9-5-4-8(14)7-10(9)13/h4-5,7H,2-3,6H2,1H3,(H2,15,16). The van der Waals surface area contributed by atoms with Gasteiger partial charge in [-0.15, -0.1) is 0 Å². The highest BCUT2D eigenvalue weighted by molar-refractivity contribution is 6.31. The Morgan fingerprint density at radius 1 is 1.50 bits per heavy atom. The van der Waals surface area contributed by atoms with Gasteiger partial charge in [0.25, 0.3) is 0 Å². The molecule has 0 amide bonds. The molecule has 0 fully saturated rings. The molecule has 0 aromatic heterocycles. The van der Waals surface area contributed by atoms with Gasteiger partial charge in [0, 0.05) is 11.4 Å². The maximum atomic E-state index is 13.0. The van der Waals surface area contributed by atoms with E-state index in [1.807, 2.05) is 6.92 Å². The van der Waals surface area contributed by atoms with Crippen LogP contribution in [0.1, 0.15) is 31.7 Å². The van der Waals surface area contributed by atoms with Crippen molar-refractivity contribution in [3.63, 3.8) is 0 Å². The van der Waals surface area contributed by atoms with E-state index in [2.05, 4.69) is 4.99 Å². The number of aliphatic imine (C=N–C) groups is 1. The molecule has 86 valence electrons. The molecule has 1 atom stereocenters. The Kier molecular flexibility index (Phi) is 2.89. The molecule has 0 spiro atoms. The summed E-state index contributed by atoms with van der Waals surface area (Å²) in [6, 6.07) is 4.43. The summed E-state index contributed by atoms with van der Waals surface area (Å²) in [5, 5.41) is 0.418. The normalized spacial score (nSPS) is 25.3. The fraction of sp³-hybridized carbons (Fsp3) is 0.417. The van der Waals surface area contributed by atoms with Crippen molar-refractivity contribution >= 4 is 17.4 Å². The van der Waals surface area contributed by atoms with Crippen LogP contribution in [0, 0.1) is 5.82 Å². The molecule has 1 aromatic rings. The fourth-order valence-electron chi connectivity index (χ4n) is 2.16. The summed E-state index contributed by atoms with van der Waals surface area (Å²) in [6.07, 6.45) is 2.70. The van der Waals surface area contributed by atoms with E-state index in [-0.39, 0.29) is 5.82 Å². The molecule has 1 aromatic carbocycles. The van der Waals surface area contributed by atoms with Crippen LogP contribution in [0.4, 0.5) is 4.39 Å². The highest BCUT2D eigenvalue weighted by Gasteiger charge is 2.30. The van der Waals surface area contributed by atoms with Gasteiger partial charge >= 0.3 is 0 Å². The molecule has 4 heteroatoms. The molecule has 0 radical (unpaired) electrons. The van der Waals surface area contributed by atoms with Gasteiger partial charge in [0.1, 0.15) is 5.82 Å². The molecule has 2 rings (SSSR count). The van der Waals surface area contributed by atoms with E-state index >= 15 is 0 Å². The van der Waals surface area contributed by atoms with E-state index in [1.165, 1.54) is 12.1 Å². The Labute approximate surface area is 99.3 Å². The number of hydrogen-bond donors (Lipinski definition) is 1. The quantitative estimate of drug-likeness (QED) is 0.804. The molecule has 2 nitrogen and oxygen atoms in total. The van der Waals surface area contributed by atoms with Crippen LogP contribution in [0.5, 0.6) is 0 Å². The Morgan fingerprint density at radius 2 is 2.25 bits per heavy atom. The van der Waals surface area contributed by atoms with Gasteiger partial charge in [0.05, 0.1) is 11.4 Å². The summed E-state index contributed by atoms with van der Waals surface area (Å²) < 4.78 is 13.0. The van der Waals surface area contributed by atoms with Crippen LogP contribution in [0.25, 0.3) is 0 Å². The van der Waals surface area contributed by atoms with Gasteiger partial charge in [0.2, 0.25) is 0 Å². The number of halogens is 2. The van der Waals surface area contributed by atoms with Gasteiger partial charge < -0.3 is 5.73 Å². The summed E-state index contributed by atoms with van der Waals surface area (Å²) in [5.41, 5.74) is 6.20. The Morgan fingerprint density at radius 3 is 2.88 bits per heavy atom. The molecule has 0 saturated heterocycles. The zero-order valence-electron chi connectivity index (χ0n) is 9.13. The second-order valence-corrected chi connectivity index (χ2v) is 4.76. The molecule has 0 aliphatic carbocycles. The summed E-state index contributed by atoms with van der Waals surface area (Å²) in [5.74, 6) is 0.319. The maximum Gasteiger partial charge on any atom is 0.124 e. The molecule has 1 unspecified atom stereocenters. The van der Waals surface area contributed by atoms with Gasteiger partial charge in [-0.05, 0) is 37.5 Å². The molecule has 1 aliphatic rings. The first-order valence-electron chi connectivity index (χ1n) is 5.31. The second-order valence-electron chi connectivity index (χ2n) is 4.35. The topological polar surface area (TPSA) is 38.4 Å². The average Bonchev–Trinajstić information content (AvgIpc) is 2.16. The van der Waals surface area contributed by atoms with Crippen molar-refractivity contribution in [3.05, 3.63) is 34.6 Å². The molecule has 2 N–H and O–H groups in total. The van der Waals surface area contributed by atoms with Crippen molar-refractivity contribution in [1.29, 1.82) is 0 Å². The number of hydrogen-bond acceptors (Lipinski definition) is 2. The SMILES string of the molecule is CC1(c2ccc(F)cc2Cl)CCCC(N)=N1. The number of amidine groups is 1. The third-order valence-corrected chi connectivity index (χ3v) is 3.31. The van der Waals surface area contributed by atoms with Crippen LogP contribution >= 0.6 is 11.6 Å². The van der Waals surface area contributed by atoms with E-state index in [0.717, 1.165) is 24.8 Å². The van der Waals surface area contributed by atoms with Crippen LogP contribution in [0.15, 0.2) is 23.2 Å². The Balaban J connectivity index is 2.46. The van der Waals surface area contributed by atoms with Crippen LogP contribution in [0.3, 0.4) is 0 Å². The lowest BCUT2D eigenvalue weighted by atomic mass is 9.85. The predicted molar refractivity (Wildman–Crippen MR) is 64.2 cm³/mol. The number of rotatable bonds is 1. The van der Waals surface area contributed by atoms with Gasteiger partial charge in [0.15, 0.2) is 0 Å². The summed E-state index contributed by atoms with van der Waals surface area (Å²) in [7, 11) is 0. The first-order chi connectivity index (χ1) is 7.51. The van der Waals surface area contributed by atoms with Gasteiger partial charge in [-0.25, -0.2) is 4.39 Å². The minimum absolute atomic E-state index is 0.329. The van der Waals surface area contributed by atoms with Crippen molar-refractivity contribution in [2.45, 2.75) is 31.7 Å². The van der Waals surface area contributed by atoms with E-state index in [9.17, 15) is 4.39 Å². The van der Waals surface area contributed by atoms with Gasteiger partial charge in [-0.3, -0.25) is 4.99 Å². The van der Waals surface area contributed by atoms with Crippen molar-refractivity contribution in [2.24, 2.45) is 10.7 Å². The van der Waals surface area contributed by atoms with Crippen LogP contribution in [0.2, 0.25) is 5.02 Å². The van der Waals surface area contributed by atoms with Crippen molar-refractivity contribution in [2.75, 3.05) is 0 Å². The van der Waals surface area contributed by atoms with Crippen LogP contribution < -0.4 is 5.73 Å². The Bertz CT molecular complexity index is 445. The highest BCUT2D eigenvalue weighted by Crippen LogP contribution is 2.38. The lowest BCUT2D eigenvalue weighted by Gasteiger charge is -2.30. The number of benzene rings is 1. The first-order valence-corrected chi connectivity index (χ1v) is 5.69. The number of nitrogens with two attached hydrogens (primary N) is 1. The van der Waals surface area contributed by atoms with E-state index in [1.54, 1.807) is 6.07 Å². The third-order valence-electron chi connectivity index (χ3n) is 3.00. The van der Waals surface area contributed by atoms with Crippen LogP contribution in [-0.4, -0.2) is 5.84 Å². The summed E-state index contributed by atoms with van der Waals surface area (Å²) >= 11 is 6.05. The van der Waals surface area contributed by atoms with Crippen molar-refractivity contribution in [3.8, 4) is 0 Å². The van der Waals surface area contributed by atoms with Crippen molar-refractivity contribution < 1.29 is 4.39 Å². The van der Waals surface area contributed by atoms with E-state index in [0.29, 0.717) is 10.9 Å². The van der Waals surface area contributed by atoms with Crippen LogP contribution in [-0.2, 0) is 5.54 Å². The molecular formula is C12H14ClFN2. The fourth-order valence-corrected chi connectivity index (χ4v) is 2.53. The monoisotopic (exact) mass is 240 g/mol. The second kappa shape index (κ2) is 4.06. The molecular weight excluding hydrogens is 227 g/mol. The zero-order valence-corrected chi connectivity index (χ0v) is 9.89. The third kappa shape index (κ3) is 2.05. The minimum atomic E-state index is -0.410. The van der Waals surface area contributed by atoms with Gasteiger partial charge in [-0.1, -0.05) is 17.7 Å².